The molecular weight excluding hydrogens is 470 g/mol. The van der Waals surface area contributed by atoms with E-state index in [1.165, 1.54) is 0 Å². The lowest BCUT2D eigenvalue weighted by Gasteiger charge is -2.26. The van der Waals surface area contributed by atoms with E-state index < -0.39 is 0 Å². The maximum Gasteiger partial charge on any atom is 0.220 e. The van der Waals surface area contributed by atoms with Crippen LogP contribution in [0.25, 0.3) is 17.1 Å². The number of hydrogen-bond acceptors (Lipinski definition) is 6. The van der Waals surface area contributed by atoms with Crippen molar-refractivity contribution in [2.75, 3.05) is 45.1 Å². The summed E-state index contributed by atoms with van der Waals surface area (Å²) in [4.78, 5) is 14.6. The largest absolute Gasteiger partial charge is 0.379 e. The molecule has 0 aliphatic carbocycles. The molecule has 1 saturated heterocycles. The fourth-order valence-corrected chi connectivity index (χ4v) is 4.94. The SMILES string of the molecule is O=C(CCCSc1nnc(-c2ccccc2Cl)n1-c1ccccc1)NCCCN1CCOCC1. The second-order valence-electron chi connectivity index (χ2n) is 8.07. The van der Waals surface area contributed by atoms with Crippen LogP contribution in [0.5, 0.6) is 0 Å². The maximum atomic E-state index is 12.2. The average Bonchev–Trinajstić information content (AvgIpc) is 3.29. The number of para-hydroxylation sites is 1. The highest BCUT2D eigenvalue weighted by atomic mass is 35.5. The van der Waals surface area contributed by atoms with Gasteiger partial charge in [-0.3, -0.25) is 14.3 Å². The molecule has 7 nitrogen and oxygen atoms in total. The summed E-state index contributed by atoms with van der Waals surface area (Å²) >= 11 is 8.04. The number of carbonyl (C=O) groups excluding carboxylic acids is 1. The van der Waals surface area contributed by atoms with Gasteiger partial charge in [-0.2, -0.15) is 0 Å². The van der Waals surface area contributed by atoms with E-state index in [4.69, 9.17) is 16.3 Å². The molecule has 0 saturated carbocycles. The highest BCUT2D eigenvalue weighted by molar-refractivity contribution is 7.99. The van der Waals surface area contributed by atoms with Crippen molar-refractivity contribution in [2.45, 2.75) is 24.4 Å². The number of benzene rings is 2. The third kappa shape index (κ3) is 6.82. The fraction of sp³-hybridized carbons (Fsp3) is 0.400. The van der Waals surface area contributed by atoms with E-state index in [1.807, 2.05) is 59.2 Å². The molecule has 180 valence electrons. The van der Waals surface area contributed by atoms with Crippen LogP contribution < -0.4 is 5.32 Å². The molecule has 0 unspecified atom stereocenters. The van der Waals surface area contributed by atoms with Gasteiger partial charge >= 0.3 is 0 Å². The van der Waals surface area contributed by atoms with Crippen molar-refractivity contribution in [3.63, 3.8) is 0 Å². The number of nitrogens with one attached hydrogen (secondary N) is 1. The Morgan fingerprint density at radius 1 is 1.03 bits per heavy atom. The molecule has 1 N–H and O–H groups in total. The summed E-state index contributed by atoms with van der Waals surface area (Å²) in [5.74, 6) is 1.58. The zero-order chi connectivity index (χ0) is 23.6. The summed E-state index contributed by atoms with van der Waals surface area (Å²) in [5.41, 5.74) is 1.81. The zero-order valence-electron chi connectivity index (χ0n) is 19.2. The highest BCUT2D eigenvalue weighted by Crippen LogP contribution is 2.32. The summed E-state index contributed by atoms with van der Waals surface area (Å²) < 4.78 is 7.39. The normalized spacial score (nSPS) is 14.3. The van der Waals surface area contributed by atoms with Gasteiger partial charge in [0.1, 0.15) is 0 Å². The lowest BCUT2D eigenvalue weighted by atomic mass is 10.2. The minimum atomic E-state index is 0.101. The third-order valence-electron chi connectivity index (χ3n) is 5.62. The molecule has 0 spiro atoms. The summed E-state index contributed by atoms with van der Waals surface area (Å²) in [7, 11) is 0. The molecule has 34 heavy (non-hydrogen) atoms. The van der Waals surface area contributed by atoms with Crippen LogP contribution in [0.15, 0.2) is 59.8 Å². The molecule has 2 aromatic carbocycles. The Hall–Kier alpha value is -2.39. The van der Waals surface area contributed by atoms with Gasteiger partial charge in [-0.25, -0.2) is 0 Å². The number of thioether (sulfide) groups is 1. The number of aromatic nitrogens is 3. The smallest absolute Gasteiger partial charge is 0.220 e. The van der Waals surface area contributed by atoms with E-state index in [-0.39, 0.29) is 5.91 Å². The van der Waals surface area contributed by atoms with Crippen LogP contribution in [-0.2, 0) is 9.53 Å². The van der Waals surface area contributed by atoms with Gasteiger partial charge in [0.15, 0.2) is 11.0 Å². The minimum Gasteiger partial charge on any atom is -0.379 e. The second kappa shape index (κ2) is 12.9. The van der Waals surface area contributed by atoms with Crippen LogP contribution in [0.2, 0.25) is 5.02 Å². The Morgan fingerprint density at radius 3 is 2.59 bits per heavy atom. The molecule has 4 rings (SSSR count). The van der Waals surface area contributed by atoms with E-state index in [1.54, 1.807) is 11.8 Å². The molecule has 1 aliphatic rings. The van der Waals surface area contributed by atoms with E-state index >= 15 is 0 Å². The number of halogens is 1. The van der Waals surface area contributed by atoms with Gasteiger partial charge in [-0.05, 0) is 43.7 Å². The number of hydrogen-bond donors (Lipinski definition) is 1. The lowest BCUT2D eigenvalue weighted by molar-refractivity contribution is -0.121. The minimum absolute atomic E-state index is 0.101. The van der Waals surface area contributed by atoms with Crippen LogP contribution in [0.1, 0.15) is 19.3 Å². The maximum absolute atomic E-state index is 12.2. The predicted molar refractivity (Wildman–Crippen MR) is 137 cm³/mol. The van der Waals surface area contributed by atoms with Crippen LogP contribution in [0.4, 0.5) is 0 Å². The van der Waals surface area contributed by atoms with Gasteiger partial charge in [0, 0.05) is 43.1 Å². The topological polar surface area (TPSA) is 72.3 Å². The van der Waals surface area contributed by atoms with Crippen LogP contribution in [-0.4, -0.2) is 70.7 Å². The number of ether oxygens (including phenoxy) is 1. The number of morpholine rings is 1. The summed E-state index contributed by atoms with van der Waals surface area (Å²) in [6.45, 7) is 5.30. The van der Waals surface area contributed by atoms with Gasteiger partial charge in [0.25, 0.3) is 0 Å². The van der Waals surface area contributed by atoms with Gasteiger partial charge in [0.2, 0.25) is 5.91 Å². The predicted octanol–water partition coefficient (Wildman–Crippen LogP) is 4.30. The first-order valence-corrected chi connectivity index (χ1v) is 13.0. The van der Waals surface area contributed by atoms with Crippen molar-refractivity contribution >= 4 is 29.3 Å². The van der Waals surface area contributed by atoms with Gasteiger partial charge < -0.3 is 10.1 Å². The molecule has 2 heterocycles. The Morgan fingerprint density at radius 2 is 1.79 bits per heavy atom. The molecule has 1 fully saturated rings. The molecule has 1 aliphatic heterocycles. The van der Waals surface area contributed by atoms with Crippen molar-refractivity contribution in [2.24, 2.45) is 0 Å². The van der Waals surface area contributed by atoms with Crippen LogP contribution >= 0.6 is 23.4 Å². The summed E-state index contributed by atoms with van der Waals surface area (Å²) in [6, 6.07) is 17.7. The van der Waals surface area contributed by atoms with Crippen molar-refractivity contribution in [1.29, 1.82) is 0 Å². The molecule has 1 amide bonds. The van der Waals surface area contributed by atoms with Gasteiger partial charge in [-0.1, -0.05) is 53.7 Å². The first-order valence-electron chi connectivity index (χ1n) is 11.7. The Balaban J connectivity index is 1.28. The molecule has 3 aromatic rings. The van der Waals surface area contributed by atoms with Crippen molar-refractivity contribution in [3.8, 4) is 17.1 Å². The number of carbonyl (C=O) groups is 1. The Labute approximate surface area is 209 Å². The first kappa shape index (κ1) is 24.7. The van der Waals surface area contributed by atoms with Crippen LogP contribution in [0, 0.1) is 0 Å². The van der Waals surface area contributed by atoms with E-state index in [9.17, 15) is 4.79 Å². The fourth-order valence-electron chi connectivity index (χ4n) is 3.83. The molecular formula is C25H30ClN5O2S. The van der Waals surface area contributed by atoms with E-state index in [2.05, 4.69) is 20.4 Å². The Kier molecular flexibility index (Phi) is 9.38. The average molecular weight is 500 g/mol. The molecule has 0 atom stereocenters. The third-order valence-corrected chi connectivity index (χ3v) is 6.96. The lowest BCUT2D eigenvalue weighted by Crippen LogP contribution is -2.38. The summed E-state index contributed by atoms with van der Waals surface area (Å²) in [5, 5.41) is 13.3. The number of nitrogens with zero attached hydrogens (tertiary/aromatic N) is 4. The Bertz CT molecular complexity index is 1060. The van der Waals surface area contributed by atoms with E-state index in [0.29, 0.717) is 23.8 Å². The standard InChI is InChI=1S/C25H30ClN5O2S/c26-22-11-5-4-10-21(22)24-28-29-25(31(24)20-8-2-1-3-9-20)34-19-6-12-23(32)27-13-7-14-30-15-17-33-18-16-30/h1-5,8-11H,6-7,12-19H2,(H,27,32). The molecule has 0 radical (unpaired) electrons. The van der Waals surface area contributed by atoms with Gasteiger partial charge in [0.05, 0.1) is 18.2 Å². The molecule has 1 aromatic heterocycles. The monoisotopic (exact) mass is 499 g/mol. The molecule has 9 heteroatoms. The number of amides is 1. The molecule has 0 bridgehead atoms. The highest BCUT2D eigenvalue weighted by Gasteiger charge is 2.18. The van der Waals surface area contributed by atoms with Crippen LogP contribution in [0.3, 0.4) is 0 Å². The quantitative estimate of drug-likeness (QED) is 0.313. The van der Waals surface area contributed by atoms with E-state index in [0.717, 1.165) is 67.8 Å². The van der Waals surface area contributed by atoms with Crippen molar-refractivity contribution in [3.05, 3.63) is 59.6 Å². The second-order valence-corrected chi connectivity index (χ2v) is 9.54. The van der Waals surface area contributed by atoms with Crippen molar-refractivity contribution in [1.82, 2.24) is 25.0 Å². The number of rotatable bonds is 11. The first-order chi connectivity index (χ1) is 16.7. The zero-order valence-corrected chi connectivity index (χ0v) is 20.7. The van der Waals surface area contributed by atoms with Crippen molar-refractivity contribution < 1.29 is 9.53 Å². The van der Waals surface area contributed by atoms with Gasteiger partial charge in [-0.15, -0.1) is 10.2 Å². The summed E-state index contributed by atoms with van der Waals surface area (Å²) in [6.07, 6.45) is 2.23.